The van der Waals surface area contributed by atoms with Crippen molar-refractivity contribution in [1.82, 2.24) is 19.6 Å². The Morgan fingerprint density at radius 1 is 1.02 bits per heavy atom. The van der Waals surface area contributed by atoms with Crippen LogP contribution in [0.5, 0.6) is 11.5 Å². The summed E-state index contributed by atoms with van der Waals surface area (Å²) in [4.78, 5) is 37.5. The molecule has 14 heteroatoms. The summed E-state index contributed by atoms with van der Waals surface area (Å²) in [6.45, 7) is 14.6. The summed E-state index contributed by atoms with van der Waals surface area (Å²) in [6, 6.07) is 12.5. The summed E-state index contributed by atoms with van der Waals surface area (Å²) >= 11 is 0. The lowest BCUT2D eigenvalue weighted by Gasteiger charge is -2.75. The average molecular weight is 864 g/mol. The standard InChI is InChI=1S/C48H61N7O6S/c1-32(2)47-29-48(30-47,31-47)40-25-46(3,4)16-14-35(40)28-53-18-20-54(21-19-53)36-10-12-39(43(23-36)61-37-22-34-15-17-49-44(34)51-27-37)45(56)52-62(59,60)38-11-13-41(42(24-38)55(57)58)50-26-33-8-6-5-7-9-33/h10-13,15,17,22-24,27,32-33,50H,5-9,14,16,18-21,25-26,28-31H2,1-4H3,(H,49,51)(H,52,56). The van der Waals surface area contributed by atoms with Crippen LogP contribution in [0.3, 0.4) is 0 Å². The number of H-pyrrole nitrogens is 1. The lowest BCUT2D eigenvalue weighted by molar-refractivity contribution is -0.384. The fourth-order valence-corrected chi connectivity index (χ4v) is 12.2. The van der Waals surface area contributed by atoms with Gasteiger partial charge in [0.15, 0.2) is 0 Å². The van der Waals surface area contributed by atoms with Crippen LogP contribution in [0, 0.1) is 38.2 Å². The van der Waals surface area contributed by atoms with Gasteiger partial charge in [0.1, 0.15) is 22.8 Å². The van der Waals surface area contributed by atoms with Gasteiger partial charge in [-0.3, -0.25) is 19.8 Å². The number of carbonyl (C=O) groups excluding carboxylic acids is 1. The first-order valence-electron chi connectivity index (χ1n) is 22.6. The van der Waals surface area contributed by atoms with Crippen LogP contribution in [0.4, 0.5) is 17.1 Å². The number of aromatic amines is 1. The van der Waals surface area contributed by atoms with Crippen molar-refractivity contribution in [3.8, 4) is 11.5 Å². The van der Waals surface area contributed by atoms with E-state index >= 15 is 0 Å². The maximum absolute atomic E-state index is 14.0. The summed E-state index contributed by atoms with van der Waals surface area (Å²) in [5, 5.41) is 16.1. The number of nitrogens with zero attached hydrogens (tertiary/aromatic N) is 4. The third kappa shape index (κ3) is 8.32. The normalized spacial score (nSPS) is 24.1. The number of fused-ring (bicyclic) bond motifs is 1. The van der Waals surface area contributed by atoms with Gasteiger partial charge in [0.25, 0.3) is 21.6 Å². The molecule has 6 aliphatic rings. The quantitative estimate of drug-likeness (QED) is 0.0632. The van der Waals surface area contributed by atoms with Gasteiger partial charge in [0.05, 0.1) is 21.6 Å². The van der Waals surface area contributed by atoms with E-state index in [1.54, 1.807) is 41.7 Å². The molecule has 4 saturated carbocycles. The molecule has 2 bridgehead atoms. The topological polar surface area (TPSA) is 163 Å². The van der Waals surface area contributed by atoms with Gasteiger partial charge < -0.3 is 19.9 Å². The molecule has 0 radical (unpaired) electrons. The van der Waals surface area contributed by atoms with Gasteiger partial charge in [-0.05, 0) is 116 Å². The number of hydrogen-bond donors (Lipinski definition) is 3. The van der Waals surface area contributed by atoms with Gasteiger partial charge >= 0.3 is 0 Å². The van der Waals surface area contributed by atoms with E-state index in [4.69, 9.17) is 4.74 Å². The molecule has 0 atom stereocenters. The number of anilines is 2. The molecule has 62 heavy (non-hydrogen) atoms. The molecule has 4 aromatic rings. The van der Waals surface area contributed by atoms with Crippen LogP contribution >= 0.6 is 0 Å². The molecule has 0 unspecified atom stereocenters. The molecule has 13 nitrogen and oxygen atoms in total. The van der Waals surface area contributed by atoms with Crippen molar-refractivity contribution in [2.24, 2.45) is 28.1 Å². The maximum Gasteiger partial charge on any atom is 0.293 e. The van der Waals surface area contributed by atoms with Crippen molar-refractivity contribution in [2.45, 2.75) is 103 Å². The number of hydrogen-bond acceptors (Lipinski definition) is 10. The second-order valence-electron chi connectivity index (χ2n) is 20.1. The lowest BCUT2D eigenvalue weighted by Crippen LogP contribution is -2.65. The molecule has 2 aromatic carbocycles. The van der Waals surface area contributed by atoms with Gasteiger partial charge in [-0.2, -0.15) is 0 Å². The number of sulfonamides is 1. The first-order valence-corrected chi connectivity index (χ1v) is 24.1. The van der Waals surface area contributed by atoms with Gasteiger partial charge in [0, 0.05) is 68.7 Å². The second kappa shape index (κ2) is 16.3. The van der Waals surface area contributed by atoms with Crippen molar-refractivity contribution in [3.05, 3.63) is 87.7 Å². The van der Waals surface area contributed by atoms with Crippen molar-refractivity contribution in [3.63, 3.8) is 0 Å². The summed E-state index contributed by atoms with van der Waals surface area (Å²) in [6.07, 6.45) is 16.6. The molecule has 5 fully saturated rings. The molecular weight excluding hydrogens is 803 g/mol. The number of benzene rings is 2. The summed E-state index contributed by atoms with van der Waals surface area (Å²) < 4.78 is 35.9. The number of piperazine rings is 1. The second-order valence-corrected chi connectivity index (χ2v) is 21.8. The zero-order valence-corrected chi connectivity index (χ0v) is 37.4. The Labute approximate surface area is 365 Å². The maximum atomic E-state index is 14.0. The Morgan fingerprint density at radius 2 is 1.77 bits per heavy atom. The Balaban J connectivity index is 0.918. The van der Waals surface area contributed by atoms with Crippen LogP contribution < -0.4 is 19.7 Å². The third-order valence-electron chi connectivity index (χ3n) is 15.1. The van der Waals surface area contributed by atoms with Crippen molar-refractivity contribution in [2.75, 3.05) is 49.5 Å². The van der Waals surface area contributed by atoms with Gasteiger partial charge in [0.2, 0.25) is 0 Å². The largest absolute Gasteiger partial charge is 0.455 e. The van der Waals surface area contributed by atoms with E-state index in [2.05, 4.69) is 57.5 Å². The van der Waals surface area contributed by atoms with E-state index in [9.17, 15) is 23.3 Å². The fourth-order valence-electron chi connectivity index (χ4n) is 11.2. The predicted molar refractivity (Wildman–Crippen MR) is 242 cm³/mol. The number of carbonyl (C=O) groups is 1. The third-order valence-corrected chi connectivity index (χ3v) is 16.4. The van der Waals surface area contributed by atoms with Crippen LogP contribution in [0.15, 0.2) is 77.0 Å². The number of rotatable bonds is 14. The number of ether oxygens (including phenoxy) is 1. The summed E-state index contributed by atoms with van der Waals surface area (Å²) in [5.41, 5.74) is 6.24. The number of nitro groups is 1. The molecule has 330 valence electrons. The first kappa shape index (κ1) is 42.4. The van der Waals surface area contributed by atoms with Crippen LogP contribution in [-0.2, 0) is 10.0 Å². The average Bonchev–Trinajstić information content (AvgIpc) is 3.68. The highest BCUT2D eigenvalue weighted by Crippen LogP contribution is 2.80. The van der Waals surface area contributed by atoms with Crippen LogP contribution in [0.1, 0.15) is 109 Å². The van der Waals surface area contributed by atoms with Gasteiger partial charge in [-0.25, -0.2) is 18.1 Å². The zero-order valence-electron chi connectivity index (χ0n) is 36.6. The minimum atomic E-state index is -4.52. The molecule has 0 spiro atoms. The monoisotopic (exact) mass is 863 g/mol. The minimum Gasteiger partial charge on any atom is -0.455 e. The highest BCUT2D eigenvalue weighted by Gasteiger charge is 2.70. The highest BCUT2D eigenvalue weighted by atomic mass is 32.2. The molecule has 1 aliphatic heterocycles. The molecule has 1 amide bonds. The number of allylic oxidation sites excluding steroid dienone is 1. The molecule has 10 rings (SSSR count). The Morgan fingerprint density at radius 3 is 2.50 bits per heavy atom. The van der Waals surface area contributed by atoms with E-state index < -0.39 is 20.9 Å². The fraction of sp³-hybridized carbons (Fsp3) is 0.542. The Hall–Kier alpha value is -4.95. The van der Waals surface area contributed by atoms with E-state index in [0.717, 1.165) is 81.5 Å². The van der Waals surface area contributed by atoms with Crippen molar-refractivity contribution >= 4 is 44.0 Å². The molecular formula is C48H61N7O6S. The number of pyridine rings is 1. The van der Waals surface area contributed by atoms with Crippen LogP contribution in [-0.4, -0.2) is 73.4 Å². The number of nitrogens with one attached hydrogen (secondary N) is 3. The zero-order chi connectivity index (χ0) is 43.4. The van der Waals surface area contributed by atoms with E-state index in [1.807, 2.05) is 12.1 Å². The van der Waals surface area contributed by atoms with Crippen LogP contribution in [0.2, 0.25) is 0 Å². The van der Waals surface area contributed by atoms with Gasteiger partial charge in [-0.15, -0.1) is 0 Å². The number of amides is 1. The highest BCUT2D eigenvalue weighted by molar-refractivity contribution is 7.90. The Kier molecular flexibility index (Phi) is 11.1. The summed E-state index contributed by atoms with van der Waals surface area (Å²) in [7, 11) is -4.52. The SMILES string of the molecule is CC(C)C12CC(C3=C(CN4CCN(c5ccc(C(=O)NS(=O)(=O)c6ccc(NCC7CCCCC7)c([N+](=O)[O-])c6)c(Oc6cnc7[nH]ccc7c6)c5)CC4)CCC(C)(C)C3)(C1)C2. The summed E-state index contributed by atoms with van der Waals surface area (Å²) in [5.74, 6) is 0.791. The van der Waals surface area contributed by atoms with Crippen LogP contribution in [0.25, 0.3) is 11.0 Å². The van der Waals surface area contributed by atoms with E-state index in [-0.39, 0.29) is 27.6 Å². The van der Waals surface area contributed by atoms with Crippen molar-refractivity contribution in [1.29, 1.82) is 0 Å². The van der Waals surface area contributed by atoms with Gasteiger partial charge in [-0.1, -0.05) is 58.1 Å². The van der Waals surface area contributed by atoms with E-state index in [1.165, 1.54) is 57.1 Å². The molecule has 3 heterocycles. The van der Waals surface area contributed by atoms with E-state index in [0.29, 0.717) is 40.1 Å². The molecule has 2 aromatic heterocycles. The number of nitro benzene ring substituents is 1. The molecule has 5 aliphatic carbocycles. The lowest BCUT2D eigenvalue weighted by atomic mass is 9.29. The predicted octanol–water partition coefficient (Wildman–Crippen LogP) is 9.83. The molecule has 1 saturated heterocycles. The smallest absolute Gasteiger partial charge is 0.293 e. The minimum absolute atomic E-state index is 0.00191. The molecule has 3 N–H and O–H groups in total. The Bertz CT molecular complexity index is 2490. The first-order chi connectivity index (χ1) is 29.6. The van der Waals surface area contributed by atoms with Crippen molar-refractivity contribution < 1.29 is 22.9 Å². The number of aromatic nitrogens is 2.